The molecule has 2 fully saturated rings. The third-order valence-electron chi connectivity index (χ3n) is 5.57. The van der Waals surface area contributed by atoms with Gasteiger partial charge in [0, 0.05) is 5.56 Å². The van der Waals surface area contributed by atoms with Crippen LogP contribution in [0.4, 0.5) is 4.39 Å². The Kier molecular flexibility index (Phi) is 5.80. The van der Waals surface area contributed by atoms with Gasteiger partial charge in [0.2, 0.25) is 0 Å². The Morgan fingerprint density at radius 3 is 1.96 bits per heavy atom. The molecule has 0 radical (unpaired) electrons. The van der Waals surface area contributed by atoms with Gasteiger partial charge in [-0.25, -0.2) is 4.39 Å². The van der Waals surface area contributed by atoms with E-state index in [0.29, 0.717) is 30.3 Å². The van der Waals surface area contributed by atoms with E-state index in [9.17, 15) is 4.39 Å². The maximum absolute atomic E-state index is 14.4. The summed E-state index contributed by atoms with van der Waals surface area (Å²) in [6.45, 7) is 3.08. The van der Waals surface area contributed by atoms with Crippen LogP contribution in [-0.4, -0.2) is 13.2 Å². The van der Waals surface area contributed by atoms with Crippen molar-refractivity contribution in [2.24, 2.45) is 11.8 Å². The quantitative estimate of drug-likeness (QED) is 0.615. The molecular formula is C20H29FO2. The molecule has 0 N–H and O–H groups in total. The van der Waals surface area contributed by atoms with E-state index in [4.69, 9.17) is 9.47 Å². The lowest BCUT2D eigenvalue weighted by molar-refractivity contribution is 0.219. The molecule has 23 heavy (non-hydrogen) atoms. The number of halogens is 1. The molecule has 1 aromatic rings. The van der Waals surface area contributed by atoms with Crippen LogP contribution in [0.5, 0.6) is 11.5 Å². The molecule has 0 spiro atoms. The second kappa shape index (κ2) is 8.03. The molecule has 0 bridgehead atoms. The van der Waals surface area contributed by atoms with E-state index in [2.05, 4.69) is 0 Å². The first-order valence-corrected chi connectivity index (χ1v) is 9.28. The maximum atomic E-state index is 14.4. The highest BCUT2D eigenvalue weighted by Crippen LogP contribution is 2.32. The zero-order valence-corrected chi connectivity index (χ0v) is 14.3. The van der Waals surface area contributed by atoms with Crippen LogP contribution in [0, 0.1) is 24.6 Å². The largest absolute Gasteiger partial charge is 0.493 e. The van der Waals surface area contributed by atoms with E-state index in [-0.39, 0.29) is 5.82 Å². The molecule has 0 amide bonds. The fraction of sp³-hybridized carbons (Fsp3) is 0.700. The summed E-state index contributed by atoms with van der Waals surface area (Å²) in [4.78, 5) is 0. The number of benzene rings is 1. The molecule has 128 valence electrons. The number of hydrogen-bond acceptors (Lipinski definition) is 2. The third-order valence-corrected chi connectivity index (χ3v) is 5.57. The van der Waals surface area contributed by atoms with Gasteiger partial charge >= 0.3 is 0 Å². The van der Waals surface area contributed by atoms with Crippen LogP contribution in [-0.2, 0) is 0 Å². The minimum absolute atomic E-state index is 0.266. The van der Waals surface area contributed by atoms with Crippen LogP contribution in [0.2, 0.25) is 0 Å². The number of ether oxygens (including phenoxy) is 2. The lowest BCUT2D eigenvalue weighted by atomic mass is 9.83. The van der Waals surface area contributed by atoms with Crippen LogP contribution in [0.25, 0.3) is 0 Å². The molecule has 0 atom stereocenters. The second-order valence-corrected chi connectivity index (χ2v) is 7.22. The molecule has 3 heteroatoms. The molecule has 2 aliphatic rings. The van der Waals surface area contributed by atoms with Crippen molar-refractivity contribution >= 4 is 0 Å². The molecular weight excluding hydrogens is 291 g/mol. The van der Waals surface area contributed by atoms with Crippen molar-refractivity contribution in [2.45, 2.75) is 64.7 Å². The Bertz CT molecular complexity index is 505. The topological polar surface area (TPSA) is 18.5 Å². The Hall–Kier alpha value is -1.25. The summed E-state index contributed by atoms with van der Waals surface area (Å²) in [5.41, 5.74) is 0.567. The summed E-state index contributed by atoms with van der Waals surface area (Å²) in [6, 6.07) is 3.57. The normalized spacial score (nSPS) is 18.9. The Balaban J connectivity index is 1.47. The lowest BCUT2D eigenvalue weighted by Crippen LogP contribution is -2.14. The molecule has 0 saturated heterocycles. The molecule has 0 aliphatic heterocycles. The first-order chi connectivity index (χ1) is 11.2. The van der Waals surface area contributed by atoms with Gasteiger partial charge in [-0.2, -0.15) is 0 Å². The van der Waals surface area contributed by atoms with Crippen molar-refractivity contribution < 1.29 is 13.9 Å². The minimum Gasteiger partial charge on any atom is -0.493 e. The summed E-state index contributed by atoms with van der Waals surface area (Å²) in [6.07, 6.45) is 11.4. The fourth-order valence-corrected chi connectivity index (χ4v) is 3.66. The van der Waals surface area contributed by atoms with Gasteiger partial charge in [-0.05, 0) is 43.7 Å². The summed E-state index contributed by atoms with van der Waals surface area (Å²) in [5, 5.41) is 0. The van der Waals surface area contributed by atoms with Crippen LogP contribution in [0.15, 0.2) is 12.1 Å². The highest BCUT2D eigenvalue weighted by molar-refractivity contribution is 5.41. The van der Waals surface area contributed by atoms with Gasteiger partial charge in [0.15, 0.2) is 11.6 Å². The Labute approximate surface area is 139 Å². The van der Waals surface area contributed by atoms with Gasteiger partial charge in [-0.1, -0.05) is 44.9 Å². The molecule has 3 rings (SSSR count). The SMILES string of the molecule is Cc1c(OCCC2CCC2)ccc(OCCC2CCCC2)c1F. The molecule has 2 nitrogen and oxygen atoms in total. The van der Waals surface area contributed by atoms with Gasteiger partial charge in [0.1, 0.15) is 5.75 Å². The minimum atomic E-state index is -0.266. The van der Waals surface area contributed by atoms with E-state index >= 15 is 0 Å². The van der Waals surface area contributed by atoms with Crippen LogP contribution < -0.4 is 9.47 Å². The van der Waals surface area contributed by atoms with E-state index in [1.165, 1.54) is 44.9 Å². The monoisotopic (exact) mass is 320 g/mol. The van der Waals surface area contributed by atoms with Crippen molar-refractivity contribution in [1.82, 2.24) is 0 Å². The molecule has 0 unspecified atom stereocenters. The number of hydrogen-bond donors (Lipinski definition) is 0. The van der Waals surface area contributed by atoms with E-state index in [1.807, 2.05) is 6.07 Å². The summed E-state index contributed by atoms with van der Waals surface area (Å²) in [5.74, 6) is 2.35. The van der Waals surface area contributed by atoms with Crippen LogP contribution in [0.3, 0.4) is 0 Å². The van der Waals surface area contributed by atoms with Gasteiger partial charge in [-0.3, -0.25) is 0 Å². The maximum Gasteiger partial charge on any atom is 0.171 e. The van der Waals surface area contributed by atoms with Gasteiger partial charge in [-0.15, -0.1) is 0 Å². The molecule has 2 aliphatic carbocycles. The zero-order chi connectivity index (χ0) is 16.1. The van der Waals surface area contributed by atoms with Gasteiger partial charge in [0.25, 0.3) is 0 Å². The Morgan fingerprint density at radius 1 is 0.870 bits per heavy atom. The highest BCUT2D eigenvalue weighted by atomic mass is 19.1. The van der Waals surface area contributed by atoms with Crippen molar-refractivity contribution in [2.75, 3.05) is 13.2 Å². The summed E-state index contributed by atoms with van der Waals surface area (Å²) in [7, 11) is 0. The highest BCUT2D eigenvalue weighted by Gasteiger charge is 2.18. The summed E-state index contributed by atoms with van der Waals surface area (Å²) >= 11 is 0. The number of rotatable bonds is 8. The fourth-order valence-electron chi connectivity index (χ4n) is 3.66. The predicted molar refractivity (Wildman–Crippen MR) is 90.7 cm³/mol. The molecule has 2 saturated carbocycles. The van der Waals surface area contributed by atoms with E-state index in [0.717, 1.165) is 24.7 Å². The zero-order valence-electron chi connectivity index (χ0n) is 14.3. The van der Waals surface area contributed by atoms with Crippen molar-refractivity contribution in [1.29, 1.82) is 0 Å². The van der Waals surface area contributed by atoms with Gasteiger partial charge < -0.3 is 9.47 Å². The van der Waals surface area contributed by atoms with Crippen molar-refractivity contribution in [3.63, 3.8) is 0 Å². The summed E-state index contributed by atoms with van der Waals surface area (Å²) < 4.78 is 25.9. The standard InChI is InChI=1S/C20H29FO2/c1-15-18(22-13-11-17-7-4-8-17)9-10-19(20(15)21)23-14-12-16-5-2-3-6-16/h9-10,16-17H,2-8,11-14H2,1H3. The van der Waals surface area contributed by atoms with Crippen LogP contribution >= 0.6 is 0 Å². The predicted octanol–water partition coefficient (Wildman–Crippen LogP) is 5.66. The average molecular weight is 320 g/mol. The van der Waals surface area contributed by atoms with Crippen LogP contribution in [0.1, 0.15) is 63.4 Å². The van der Waals surface area contributed by atoms with Crippen molar-refractivity contribution in [3.05, 3.63) is 23.5 Å². The lowest BCUT2D eigenvalue weighted by Gasteiger charge is -2.25. The molecule has 0 heterocycles. The molecule has 1 aromatic carbocycles. The third kappa shape index (κ3) is 4.39. The van der Waals surface area contributed by atoms with E-state index in [1.54, 1.807) is 13.0 Å². The second-order valence-electron chi connectivity index (χ2n) is 7.22. The first-order valence-electron chi connectivity index (χ1n) is 9.28. The van der Waals surface area contributed by atoms with E-state index < -0.39 is 0 Å². The average Bonchev–Trinajstić information content (AvgIpc) is 3.01. The van der Waals surface area contributed by atoms with Gasteiger partial charge in [0.05, 0.1) is 13.2 Å². The smallest absolute Gasteiger partial charge is 0.171 e. The Morgan fingerprint density at radius 2 is 1.39 bits per heavy atom. The van der Waals surface area contributed by atoms with Crippen molar-refractivity contribution in [3.8, 4) is 11.5 Å². The first kappa shape index (κ1) is 16.6. The molecule has 0 aromatic heterocycles.